The van der Waals surface area contributed by atoms with Crippen LogP contribution < -0.4 is 11.1 Å². The van der Waals surface area contributed by atoms with Crippen molar-refractivity contribution in [3.8, 4) is 0 Å². The average molecular weight is 248 g/mol. The topological polar surface area (TPSA) is 89.3 Å². The van der Waals surface area contributed by atoms with Crippen LogP contribution in [0.25, 0.3) is 0 Å². The normalized spacial score (nSPS) is 20.9. The average Bonchev–Trinajstić information content (AvgIpc) is 1.98. The lowest BCUT2D eigenvalue weighted by atomic mass is 9.68. The van der Waals surface area contributed by atoms with Crippen molar-refractivity contribution in [1.82, 2.24) is 5.32 Å². The van der Waals surface area contributed by atoms with Gasteiger partial charge in [-0.2, -0.15) is 0 Å². The molecule has 0 aliphatic heterocycles. The molecule has 1 unspecified atom stereocenters. The first kappa shape index (κ1) is 13.4. The van der Waals surface area contributed by atoms with Crippen LogP contribution in [0.15, 0.2) is 0 Å². The monoisotopic (exact) mass is 248 g/mol. The fourth-order valence-electron chi connectivity index (χ4n) is 2.00. The minimum absolute atomic E-state index is 0.0284. The minimum Gasteiger partial charge on any atom is -0.352 e. The van der Waals surface area contributed by atoms with Crippen LogP contribution in [0.5, 0.6) is 0 Å². The Kier molecular flexibility index (Phi) is 3.96. The smallest absolute Gasteiger partial charge is 0.227 e. The van der Waals surface area contributed by atoms with Crippen molar-refractivity contribution in [1.29, 1.82) is 0 Å². The summed E-state index contributed by atoms with van der Waals surface area (Å²) in [6, 6.07) is -0.355. The van der Waals surface area contributed by atoms with Gasteiger partial charge >= 0.3 is 0 Å². The Hall–Kier alpha value is -0.620. The van der Waals surface area contributed by atoms with Crippen molar-refractivity contribution in [3.05, 3.63) is 0 Å². The van der Waals surface area contributed by atoms with E-state index in [0.29, 0.717) is 6.54 Å². The van der Waals surface area contributed by atoms with Crippen molar-refractivity contribution >= 4 is 15.7 Å². The predicted molar refractivity (Wildman–Crippen MR) is 62.7 cm³/mol. The van der Waals surface area contributed by atoms with Crippen LogP contribution in [0.4, 0.5) is 0 Å². The van der Waals surface area contributed by atoms with Gasteiger partial charge < -0.3 is 11.1 Å². The highest BCUT2D eigenvalue weighted by Crippen LogP contribution is 2.40. The Bertz CT molecular complexity index is 355. The van der Waals surface area contributed by atoms with E-state index < -0.39 is 15.3 Å². The molecule has 0 radical (unpaired) electrons. The summed E-state index contributed by atoms with van der Waals surface area (Å²) in [5.41, 5.74) is 5.15. The quantitative estimate of drug-likeness (QED) is 0.697. The van der Waals surface area contributed by atoms with Crippen molar-refractivity contribution < 1.29 is 13.2 Å². The van der Waals surface area contributed by atoms with Crippen LogP contribution in [-0.2, 0) is 14.6 Å². The van der Waals surface area contributed by atoms with Gasteiger partial charge in [0.05, 0.1) is 11.2 Å². The number of rotatable bonds is 5. The third-order valence-corrected chi connectivity index (χ3v) is 4.22. The lowest BCUT2D eigenvalue weighted by Crippen LogP contribution is -2.53. The SMILES string of the molecule is CC(CS(C)(=O)=O)NC(=O)C1(CN)CCC1. The zero-order valence-electron chi connectivity index (χ0n) is 9.82. The molecule has 94 valence electrons. The van der Waals surface area contributed by atoms with Crippen LogP contribution in [0.3, 0.4) is 0 Å². The standard InChI is InChI=1S/C10H20N2O3S/c1-8(6-16(2,14)15)12-9(13)10(7-11)4-3-5-10/h8H,3-7,11H2,1-2H3,(H,12,13). The molecule has 1 rings (SSSR count). The summed E-state index contributed by atoms with van der Waals surface area (Å²) in [5.74, 6) is -0.128. The minimum atomic E-state index is -3.06. The second-order valence-electron chi connectivity index (χ2n) is 4.80. The van der Waals surface area contributed by atoms with Gasteiger partial charge in [0.1, 0.15) is 9.84 Å². The van der Waals surface area contributed by atoms with E-state index in [1.165, 1.54) is 0 Å². The molecule has 0 saturated heterocycles. The van der Waals surface area contributed by atoms with Crippen LogP contribution in [0, 0.1) is 5.41 Å². The molecule has 0 heterocycles. The Labute approximate surface area is 96.7 Å². The Morgan fingerprint density at radius 3 is 2.38 bits per heavy atom. The van der Waals surface area contributed by atoms with Gasteiger partial charge in [0.15, 0.2) is 0 Å². The Morgan fingerprint density at radius 2 is 2.06 bits per heavy atom. The first-order valence-corrected chi connectivity index (χ1v) is 7.54. The van der Waals surface area contributed by atoms with E-state index in [1.807, 2.05) is 0 Å². The van der Waals surface area contributed by atoms with Crippen molar-refractivity contribution in [2.45, 2.75) is 32.2 Å². The maximum Gasteiger partial charge on any atom is 0.227 e. The molecular weight excluding hydrogens is 228 g/mol. The third kappa shape index (κ3) is 3.18. The lowest BCUT2D eigenvalue weighted by molar-refractivity contribution is -0.135. The highest BCUT2D eigenvalue weighted by atomic mass is 32.2. The number of nitrogens with two attached hydrogens (primary N) is 1. The maximum absolute atomic E-state index is 11.9. The van der Waals surface area contributed by atoms with E-state index in [1.54, 1.807) is 6.92 Å². The molecule has 0 aromatic rings. The summed E-state index contributed by atoms with van der Waals surface area (Å²) in [5, 5.41) is 2.73. The molecule has 1 aliphatic rings. The number of amides is 1. The van der Waals surface area contributed by atoms with Crippen molar-refractivity contribution in [3.63, 3.8) is 0 Å². The van der Waals surface area contributed by atoms with Crippen LogP contribution >= 0.6 is 0 Å². The molecule has 1 aliphatic carbocycles. The van der Waals surface area contributed by atoms with E-state index in [4.69, 9.17) is 5.73 Å². The summed E-state index contributed by atoms with van der Waals surface area (Å²) in [6.45, 7) is 2.03. The molecule has 1 atom stereocenters. The van der Waals surface area contributed by atoms with Gasteiger partial charge in [-0.15, -0.1) is 0 Å². The number of nitrogens with one attached hydrogen (secondary N) is 1. The summed E-state index contributed by atoms with van der Waals surface area (Å²) in [4.78, 5) is 11.9. The molecular formula is C10H20N2O3S. The summed E-state index contributed by atoms with van der Waals surface area (Å²) in [6.07, 6.45) is 3.80. The zero-order chi connectivity index (χ0) is 12.4. The largest absolute Gasteiger partial charge is 0.352 e. The summed E-state index contributed by atoms with van der Waals surface area (Å²) < 4.78 is 22.1. The highest BCUT2D eigenvalue weighted by Gasteiger charge is 2.43. The molecule has 3 N–H and O–H groups in total. The van der Waals surface area contributed by atoms with Gasteiger partial charge in [-0.3, -0.25) is 4.79 Å². The van der Waals surface area contributed by atoms with Crippen molar-refractivity contribution in [2.75, 3.05) is 18.6 Å². The molecule has 0 spiro atoms. The van der Waals surface area contributed by atoms with E-state index in [9.17, 15) is 13.2 Å². The molecule has 1 saturated carbocycles. The molecule has 0 aromatic heterocycles. The molecule has 5 nitrogen and oxygen atoms in total. The highest BCUT2D eigenvalue weighted by molar-refractivity contribution is 7.90. The second kappa shape index (κ2) is 4.71. The van der Waals surface area contributed by atoms with E-state index in [0.717, 1.165) is 25.5 Å². The predicted octanol–water partition coefficient (Wildman–Crippen LogP) is -0.335. The van der Waals surface area contributed by atoms with Crippen LogP contribution in [-0.4, -0.2) is 38.9 Å². The molecule has 1 fully saturated rings. The molecule has 6 heteroatoms. The summed E-state index contributed by atoms with van der Waals surface area (Å²) in [7, 11) is -3.06. The van der Waals surface area contributed by atoms with Crippen molar-refractivity contribution in [2.24, 2.45) is 11.1 Å². The Balaban J connectivity index is 2.51. The lowest BCUT2D eigenvalue weighted by Gasteiger charge is -2.39. The van der Waals surface area contributed by atoms with Gasteiger partial charge in [0.25, 0.3) is 0 Å². The number of carbonyl (C=O) groups excluding carboxylic acids is 1. The Morgan fingerprint density at radius 1 is 1.50 bits per heavy atom. The molecule has 16 heavy (non-hydrogen) atoms. The maximum atomic E-state index is 11.9. The van der Waals surface area contributed by atoms with E-state index in [-0.39, 0.29) is 17.7 Å². The number of carbonyl (C=O) groups is 1. The second-order valence-corrected chi connectivity index (χ2v) is 6.99. The zero-order valence-corrected chi connectivity index (χ0v) is 10.6. The van der Waals surface area contributed by atoms with Gasteiger partial charge in [0.2, 0.25) is 5.91 Å². The number of hydrogen-bond acceptors (Lipinski definition) is 4. The summed E-state index contributed by atoms with van der Waals surface area (Å²) >= 11 is 0. The number of sulfone groups is 1. The van der Waals surface area contributed by atoms with E-state index >= 15 is 0 Å². The third-order valence-electron chi connectivity index (χ3n) is 3.11. The molecule has 1 amide bonds. The van der Waals surface area contributed by atoms with Gasteiger partial charge in [-0.1, -0.05) is 6.42 Å². The molecule has 0 bridgehead atoms. The van der Waals surface area contributed by atoms with Gasteiger partial charge in [0, 0.05) is 18.8 Å². The fraction of sp³-hybridized carbons (Fsp3) is 0.900. The van der Waals surface area contributed by atoms with Crippen LogP contribution in [0.2, 0.25) is 0 Å². The van der Waals surface area contributed by atoms with Gasteiger partial charge in [-0.05, 0) is 19.8 Å². The van der Waals surface area contributed by atoms with Gasteiger partial charge in [-0.25, -0.2) is 8.42 Å². The first-order valence-electron chi connectivity index (χ1n) is 5.48. The fourth-order valence-corrected chi connectivity index (χ4v) is 2.99. The number of hydrogen-bond donors (Lipinski definition) is 2. The van der Waals surface area contributed by atoms with E-state index in [2.05, 4.69) is 5.32 Å². The molecule has 0 aromatic carbocycles. The van der Waals surface area contributed by atoms with Crippen LogP contribution in [0.1, 0.15) is 26.2 Å². The first-order chi connectivity index (χ1) is 7.29.